The molecule has 0 radical (unpaired) electrons. The molecule has 0 aliphatic carbocycles. The molecule has 3 N–H and O–H groups in total. The highest BCUT2D eigenvalue weighted by molar-refractivity contribution is 7.47. The maximum absolute atomic E-state index is 13.1. The van der Waals surface area contributed by atoms with Gasteiger partial charge in [-0.05, 0) is 49.4 Å². The maximum atomic E-state index is 13.1. The number of phosphoric ester groups is 2. The Hall–Kier alpha value is -1.94. The molecule has 0 spiro atoms. The Balaban J connectivity index is 5.21. The second kappa shape index (κ2) is 75.7. The van der Waals surface area contributed by atoms with Crippen molar-refractivity contribution < 1.29 is 80.2 Å². The van der Waals surface area contributed by atoms with Gasteiger partial charge in [0.2, 0.25) is 0 Å². The monoisotopic (exact) mass is 1550 g/mol. The molecule has 0 amide bonds. The molecule has 0 heterocycles. The van der Waals surface area contributed by atoms with Gasteiger partial charge in [0.05, 0.1) is 26.4 Å². The Labute approximate surface area is 651 Å². The fourth-order valence-corrected chi connectivity index (χ4v) is 15.0. The summed E-state index contributed by atoms with van der Waals surface area (Å²) >= 11 is 0. The highest BCUT2D eigenvalue weighted by Crippen LogP contribution is 2.45. The van der Waals surface area contributed by atoms with Crippen LogP contribution in [0.2, 0.25) is 0 Å². The predicted molar refractivity (Wildman–Crippen MR) is 437 cm³/mol. The predicted octanol–water partition coefficient (Wildman–Crippen LogP) is 26.3. The smallest absolute Gasteiger partial charge is 0.462 e. The van der Waals surface area contributed by atoms with Gasteiger partial charge in [0, 0.05) is 25.7 Å². The Morgan fingerprint density at radius 3 is 0.670 bits per heavy atom. The van der Waals surface area contributed by atoms with Crippen molar-refractivity contribution in [2.24, 2.45) is 23.7 Å². The van der Waals surface area contributed by atoms with Gasteiger partial charge < -0.3 is 33.8 Å². The topological polar surface area (TPSA) is 237 Å². The van der Waals surface area contributed by atoms with Crippen LogP contribution in [0.3, 0.4) is 0 Å². The first-order valence-electron chi connectivity index (χ1n) is 44.8. The molecule has 17 nitrogen and oxygen atoms in total. The number of unbranched alkanes of at least 4 members (excludes halogenated alkanes) is 48. The van der Waals surface area contributed by atoms with Crippen LogP contribution in [-0.4, -0.2) is 96.7 Å². The normalized spacial score (nSPS) is 14.4. The van der Waals surface area contributed by atoms with Crippen molar-refractivity contribution >= 4 is 39.5 Å². The molecule has 630 valence electrons. The van der Waals surface area contributed by atoms with Crippen LogP contribution in [0.5, 0.6) is 0 Å². The van der Waals surface area contributed by atoms with E-state index in [0.29, 0.717) is 31.6 Å². The van der Waals surface area contributed by atoms with E-state index in [1.165, 1.54) is 250 Å². The summed E-state index contributed by atoms with van der Waals surface area (Å²) in [6.07, 6.45) is 65.3. The zero-order valence-electron chi connectivity index (χ0n) is 70.1. The number of carbonyl (C=O) groups is 4. The van der Waals surface area contributed by atoms with Crippen LogP contribution < -0.4 is 0 Å². The Morgan fingerprint density at radius 1 is 0.264 bits per heavy atom. The second-order valence-electron chi connectivity index (χ2n) is 32.7. The number of phosphoric acid groups is 2. The van der Waals surface area contributed by atoms with E-state index in [4.69, 9.17) is 37.0 Å². The first kappa shape index (κ1) is 104. The third-order valence-electron chi connectivity index (χ3n) is 21.0. The van der Waals surface area contributed by atoms with Crippen LogP contribution in [0.4, 0.5) is 0 Å². The molecular weight excluding hydrogens is 1380 g/mol. The number of esters is 4. The molecule has 106 heavy (non-hydrogen) atoms. The van der Waals surface area contributed by atoms with E-state index in [2.05, 4.69) is 55.4 Å². The van der Waals surface area contributed by atoms with Gasteiger partial charge >= 0.3 is 39.5 Å². The summed E-state index contributed by atoms with van der Waals surface area (Å²) in [4.78, 5) is 73.2. The fraction of sp³-hybridized carbons (Fsp3) is 0.954. The SMILES string of the molecule is CCC(C)CCCCCCCCCCCCCCCCCCCCC(=O)OC[C@H](COP(=O)(O)OCC(O)COP(=O)(O)OC[C@@H](COC(=O)CCCCCCCCCC(C)C)OC(=O)CCCCCCCCCCCCCCCCC(C)CC)OC(=O)CCCCCCCCCCCCCCCC(C)C. The number of ether oxygens (including phenoxy) is 4. The van der Waals surface area contributed by atoms with E-state index in [1.54, 1.807) is 0 Å². The Bertz CT molecular complexity index is 2060. The van der Waals surface area contributed by atoms with Crippen LogP contribution in [0, 0.1) is 23.7 Å². The van der Waals surface area contributed by atoms with Crippen molar-refractivity contribution in [3.8, 4) is 0 Å². The van der Waals surface area contributed by atoms with Crippen molar-refractivity contribution in [3.63, 3.8) is 0 Å². The summed E-state index contributed by atoms with van der Waals surface area (Å²) in [6, 6.07) is 0. The van der Waals surface area contributed by atoms with Crippen LogP contribution in [-0.2, 0) is 65.4 Å². The van der Waals surface area contributed by atoms with Crippen molar-refractivity contribution in [1.29, 1.82) is 0 Å². The third kappa shape index (κ3) is 77.4. The van der Waals surface area contributed by atoms with Gasteiger partial charge in [-0.3, -0.25) is 37.3 Å². The maximum Gasteiger partial charge on any atom is 0.472 e. The van der Waals surface area contributed by atoms with Gasteiger partial charge in [0.1, 0.15) is 19.3 Å². The molecule has 0 fully saturated rings. The summed E-state index contributed by atoms with van der Waals surface area (Å²) in [5.74, 6) is 1.10. The minimum atomic E-state index is -4.97. The van der Waals surface area contributed by atoms with Gasteiger partial charge in [-0.15, -0.1) is 0 Å². The van der Waals surface area contributed by atoms with Gasteiger partial charge in [0.15, 0.2) is 12.2 Å². The van der Waals surface area contributed by atoms with Crippen molar-refractivity contribution in [2.45, 2.75) is 472 Å². The molecule has 0 saturated heterocycles. The molecule has 19 heteroatoms. The van der Waals surface area contributed by atoms with Gasteiger partial charge in [-0.1, -0.05) is 402 Å². The van der Waals surface area contributed by atoms with Gasteiger partial charge in [-0.25, -0.2) is 9.13 Å². The quantitative estimate of drug-likeness (QED) is 0.0222. The number of carbonyl (C=O) groups excluding carboxylic acids is 4. The van der Waals surface area contributed by atoms with Gasteiger partial charge in [0.25, 0.3) is 0 Å². The zero-order chi connectivity index (χ0) is 78.1. The molecule has 0 aliphatic heterocycles. The molecule has 7 atom stereocenters. The van der Waals surface area contributed by atoms with Crippen LogP contribution in [0.1, 0.15) is 453 Å². The van der Waals surface area contributed by atoms with E-state index in [-0.39, 0.29) is 25.7 Å². The lowest BCUT2D eigenvalue weighted by atomic mass is 9.99. The summed E-state index contributed by atoms with van der Waals surface area (Å²) in [5.41, 5.74) is 0. The van der Waals surface area contributed by atoms with Crippen LogP contribution in [0.15, 0.2) is 0 Å². The fourth-order valence-electron chi connectivity index (χ4n) is 13.4. The van der Waals surface area contributed by atoms with E-state index in [1.807, 2.05) is 0 Å². The average molecular weight is 1550 g/mol. The number of rotatable bonds is 84. The van der Waals surface area contributed by atoms with Crippen molar-refractivity contribution in [1.82, 2.24) is 0 Å². The molecule has 5 unspecified atom stereocenters. The molecule has 0 aromatic heterocycles. The number of aliphatic hydroxyl groups excluding tert-OH is 1. The third-order valence-corrected chi connectivity index (χ3v) is 22.9. The molecule has 0 rings (SSSR count). The lowest BCUT2D eigenvalue weighted by molar-refractivity contribution is -0.161. The lowest BCUT2D eigenvalue weighted by Gasteiger charge is -2.21. The number of hydrogen-bond acceptors (Lipinski definition) is 15. The summed E-state index contributed by atoms with van der Waals surface area (Å²) < 4.78 is 68.9. The first-order valence-corrected chi connectivity index (χ1v) is 47.8. The molecule has 0 aromatic rings. The first-order chi connectivity index (χ1) is 51.2. The second-order valence-corrected chi connectivity index (χ2v) is 35.6. The standard InChI is InChI=1S/C87H170O17P2/c1-9-79(7)65-57-49-41-33-27-21-15-13-11-12-14-16-23-29-35-43-51-59-67-84(89)97-73-82(103-86(91)70-62-54-45-37-31-25-19-20-26-32-39-47-55-63-77(3)4)75-101-105(93,94)99-71-81(88)72-100-106(95,96)102-76-83(74-98-85(90)68-60-52-46-38-40-48-56-64-78(5)6)104-87(92)69-61-53-44-36-30-24-18-17-22-28-34-42-50-58-66-80(8)10-2/h77-83,88H,9-76H2,1-8H3,(H,93,94)(H,95,96)/t79?,80?,81?,82-,83-/m1/s1. The highest BCUT2D eigenvalue weighted by Gasteiger charge is 2.31. The summed E-state index contributed by atoms with van der Waals surface area (Å²) in [5, 5.41) is 10.7. The number of aliphatic hydroxyl groups is 1. The van der Waals surface area contributed by atoms with Crippen molar-refractivity contribution in [3.05, 3.63) is 0 Å². The minimum Gasteiger partial charge on any atom is -0.462 e. The largest absolute Gasteiger partial charge is 0.472 e. The molecule has 0 bridgehead atoms. The lowest BCUT2D eigenvalue weighted by Crippen LogP contribution is -2.30. The highest BCUT2D eigenvalue weighted by atomic mass is 31.2. The average Bonchev–Trinajstić information content (AvgIpc) is 0.898. The summed E-state index contributed by atoms with van der Waals surface area (Å²) in [7, 11) is -9.93. The molecular formula is C87H170O17P2. The number of hydrogen-bond donors (Lipinski definition) is 3. The minimum absolute atomic E-state index is 0.107. The van der Waals surface area contributed by atoms with E-state index in [0.717, 1.165) is 114 Å². The van der Waals surface area contributed by atoms with Gasteiger partial charge in [-0.2, -0.15) is 0 Å². The Kier molecular flexibility index (Phi) is 74.3. The van der Waals surface area contributed by atoms with E-state index < -0.39 is 97.5 Å². The van der Waals surface area contributed by atoms with Crippen LogP contribution in [0.25, 0.3) is 0 Å². The molecule has 0 aromatic carbocycles. The molecule has 0 aliphatic rings. The van der Waals surface area contributed by atoms with Crippen molar-refractivity contribution in [2.75, 3.05) is 39.6 Å². The summed E-state index contributed by atoms with van der Waals surface area (Å²) in [6.45, 7) is 14.4. The zero-order valence-corrected chi connectivity index (χ0v) is 71.9. The Morgan fingerprint density at radius 2 is 0.453 bits per heavy atom. The van der Waals surface area contributed by atoms with Crippen LogP contribution >= 0.6 is 15.6 Å². The molecule has 0 saturated carbocycles. The van der Waals surface area contributed by atoms with E-state index >= 15 is 0 Å². The van der Waals surface area contributed by atoms with E-state index in [9.17, 15) is 43.2 Å².